The van der Waals surface area contributed by atoms with Crippen molar-refractivity contribution in [2.24, 2.45) is 0 Å². The highest BCUT2D eigenvalue weighted by Gasteiger charge is 2.27. The maximum Gasteiger partial charge on any atom is 0.338 e. The molecule has 0 heterocycles. The van der Waals surface area contributed by atoms with E-state index < -0.39 is 23.1 Å². The van der Waals surface area contributed by atoms with Crippen LogP contribution < -0.4 is 0 Å². The molecule has 8 heteroatoms. The Labute approximate surface area is 116 Å². The smallest absolute Gasteiger partial charge is 0.338 e. The minimum absolute atomic E-state index is 0.0341. The fraction of sp³-hybridized carbons (Fsp3) is 0. The first-order valence-corrected chi connectivity index (χ1v) is 5.95. The number of hydrogen-bond acceptors (Lipinski definition) is 2. The molecule has 0 aliphatic rings. The second kappa shape index (κ2) is 4.91. The van der Waals surface area contributed by atoms with E-state index in [0.29, 0.717) is 0 Å². The lowest BCUT2D eigenvalue weighted by Crippen LogP contribution is -2.10. The average molecular weight is 393 g/mol. The van der Waals surface area contributed by atoms with Gasteiger partial charge in [0.05, 0.1) is 25.6 Å². The third-order valence-corrected chi connectivity index (χ3v) is 4.89. The summed E-state index contributed by atoms with van der Waals surface area (Å²) in [5, 5.41) is 17.4. The first kappa shape index (κ1) is 13.8. The number of hydrogen-bond donors (Lipinski definition) is 2. The van der Waals surface area contributed by atoms with E-state index in [2.05, 4.69) is 31.9 Å². The Hall–Kier alpha value is -0.300. The molecule has 0 amide bonds. The van der Waals surface area contributed by atoms with Gasteiger partial charge in [-0.2, -0.15) is 0 Å². The summed E-state index contributed by atoms with van der Waals surface area (Å²) < 4.78 is 0.230. The van der Waals surface area contributed by atoms with E-state index in [1.54, 1.807) is 0 Å². The van der Waals surface area contributed by atoms with Crippen molar-refractivity contribution >= 4 is 67.0 Å². The van der Waals surface area contributed by atoms with Crippen LogP contribution in [0.2, 0.25) is 10.0 Å². The lowest BCUT2D eigenvalue weighted by molar-refractivity contribution is 0.0650. The van der Waals surface area contributed by atoms with Crippen molar-refractivity contribution in [2.75, 3.05) is 0 Å². The largest absolute Gasteiger partial charge is 0.478 e. The SMILES string of the molecule is O=C(O)c1c(Cl)c(Cl)c(Br)c(Br)c1C(=O)O. The van der Waals surface area contributed by atoms with Gasteiger partial charge in [0.25, 0.3) is 0 Å². The number of carboxylic acids is 2. The average Bonchev–Trinajstić information content (AvgIpc) is 2.18. The van der Waals surface area contributed by atoms with Gasteiger partial charge in [-0.3, -0.25) is 0 Å². The summed E-state index contributed by atoms with van der Waals surface area (Å²) in [6, 6.07) is 0. The van der Waals surface area contributed by atoms with Crippen molar-refractivity contribution in [3.8, 4) is 0 Å². The van der Waals surface area contributed by atoms with Gasteiger partial charge in [-0.15, -0.1) is 0 Å². The fourth-order valence-corrected chi connectivity index (χ4v) is 2.68. The van der Waals surface area contributed by atoms with E-state index in [0.717, 1.165) is 0 Å². The molecule has 0 aliphatic carbocycles. The minimum Gasteiger partial charge on any atom is -0.478 e. The Morgan fingerprint density at radius 3 is 1.69 bits per heavy atom. The van der Waals surface area contributed by atoms with Crippen molar-refractivity contribution in [2.45, 2.75) is 0 Å². The van der Waals surface area contributed by atoms with E-state index in [1.165, 1.54) is 0 Å². The first-order valence-electron chi connectivity index (χ1n) is 3.61. The summed E-state index contributed by atoms with van der Waals surface area (Å²) in [5.41, 5.74) is -0.997. The van der Waals surface area contributed by atoms with Crippen molar-refractivity contribution in [1.29, 1.82) is 0 Å². The molecule has 86 valence electrons. The molecule has 0 spiro atoms. The van der Waals surface area contributed by atoms with Crippen LogP contribution in [-0.4, -0.2) is 22.2 Å². The Balaban J connectivity index is 3.83. The Morgan fingerprint density at radius 2 is 1.31 bits per heavy atom. The van der Waals surface area contributed by atoms with Crippen LogP contribution in [0, 0.1) is 0 Å². The summed E-state index contributed by atoms with van der Waals surface area (Å²) >= 11 is 17.4. The molecule has 0 aromatic heterocycles. The third-order valence-electron chi connectivity index (χ3n) is 1.69. The molecule has 1 rings (SSSR count). The molecular formula is C8H2Br2Cl2O4. The van der Waals surface area contributed by atoms with Crippen molar-refractivity contribution < 1.29 is 19.8 Å². The van der Waals surface area contributed by atoms with E-state index >= 15 is 0 Å². The van der Waals surface area contributed by atoms with Gasteiger partial charge in [-0.05, 0) is 31.9 Å². The van der Waals surface area contributed by atoms with Crippen LogP contribution in [0.3, 0.4) is 0 Å². The summed E-state index contributed by atoms with van der Waals surface area (Å²) in [6.45, 7) is 0. The topological polar surface area (TPSA) is 74.6 Å². The van der Waals surface area contributed by atoms with Crippen molar-refractivity contribution in [3.05, 3.63) is 30.1 Å². The van der Waals surface area contributed by atoms with E-state index in [1.807, 2.05) is 0 Å². The predicted octanol–water partition coefficient (Wildman–Crippen LogP) is 3.91. The number of carboxylic acid groups (broad SMARTS) is 2. The van der Waals surface area contributed by atoms with Gasteiger partial charge >= 0.3 is 11.9 Å². The highest BCUT2D eigenvalue weighted by Crippen LogP contribution is 2.41. The molecule has 1 aromatic carbocycles. The molecule has 4 nitrogen and oxygen atoms in total. The number of halogens is 4. The second-order valence-electron chi connectivity index (χ2n) is 2.62. The molecule has 0 saturated carbocycles. The number of aromatic carboxylic acids is 2. The van der Waals surface area contributed by atoms with Crippen LogP contribution in [0.15, 0.2) is 8.95 Å². The Bertz CT molecular complexity index is 457. The van der Waals surface area contributed by atoms with Gasteiger partial charge in [0, 0.05) is 4.47 Å². The van der Waals surface area contributed by atoms with Crippen LogP contribution >= 0.6 is 55.1 Å². The standard InChI is InChI=1S/C8H2Br2Cl2O4/c9-3-1(7(13)14)2(8(15)16)5(11)6(12)4(3)10/h(H,13,14)(H,15,16). The van der Waals surface area contributed by atoms with Gasteiger partial charge < -0.3 is 10.2 Å². The molecule has 0 fully saturated rings. The number of rotatable bonds is 2. The van der Waals surface area contributed by atoms with Crippen molar-refractivity contribution in [3.63, 3.8) is 0 Å². The summed E-state index contributed by atoms with van der Waals surface area (Å²) in [4.78, 5) is 21.9. The second-order valence-corrected chi connectivity index (χ2v) is 4.96. The molecule has 0 unspecified atom stereocenters. The van der Waals surface area contributed by atoms with E-state index in [9.17, 15) is 9.59 Å². The maximum absolute atomic E-state index is 10.9. The summed E-state index contributed by atoms with van der Waals surface area (Å²) in [7, 11) is 0. The molecule has 0 aliphatic heterocycles. The van der Waals surface area contributed by atoms with E-state index in [4.69, 9.17) is 33.4 Å². The lowest BCUT2D eigenvalue weighted by Gasteiger charge is -2.10. The maximum atomic E-state index is 10.9. The highest BCUT2D eigenvalue weighted by atomic mass is 79.9. The highest BCUT2D eigenvalue weighted by molar-refractivity contribution is 9.13. The molecule has 1 aromatic rings. The zero-order chi connectivity index (χ0) is 12.6. The monoisotopic (exact) mass is 390 g/mol. The summed E-state index contributed by atoms with van der Waals surface area (Å²) in [5.74, 6) is -2.87. The van der Waals surface area contributed by atoms with E-state index in [-0.39, 0.29) is 19.0 Å². The lowest BCUT2D eigenvalue weighted by atomic mass is 10.1. The van der Waals surface area contributed by atoms with Crippen molar-refractivity contribution in [1.82, 2.24) is 0 Å². The third kappa shape index (κ3) is 2.20. The van der Waals surface area contributed by atoms with Crippen LogP contribution in [0.25, 0.3) is 0 Å². The molecule has 2 N–H and O–H groups in total. The quantitative estimate of drug-likeness (QED) is 0.591. The fourth-order valence-electron chi connectivity index (χ4n) is 1.03. The Morgan fingerprint density at radius 1 is 0.875 bits per heavy atom. The van der Waals surface area contributed by atoms with Crippen LogP contribution in [0.1, 0.15) is 20.7 Å². The number of carbonyl (C=O) groups is 2. The normalized spacial score (nSPS) is 10.2. The zero-order valence-corrected chi connectivity index (χ0v) is 11.9. The van der Waals surface area contributed by atoms with Crippen LogP contribution in [-0.2, 0) is 0 Å². The van der Waals surface area contributed by atoms with Crippen LogP contribution in [0.5, 0.6) is 0 Å². The van der Waals surface area contributed by atoms with Gasteiger partial charge in [-0.25, -0.2) is 9.59 Å². The minimum atomic E-state index is -1.46. The zero-order valence-electron chi connectivity index (χ0n) is 7.22. The summed E-state index contributed by atoms with van der Waals surface area (Å²) in [6.07, 6.45) is 0. The molecular weight excluding hydrogens is 391 g/mol. The molecule has 0 atom stereocenters. The van der Waals surface area contributed by atoms with Gasteiger partial charge in [0.2, 0.25) is 0 Å². The predicted molar refractivity (Wildman–Crippen MR) is 65.8 cm³/mol. The Kier molecular flexibility index (Phi) is 4.23. The first-order chi connectivity index (χ1) is 7.29. The van der Waals surface area contributed by atoms with Gasteiger partial charge in [0.15, 0.2) is 0 Å². The van der Waals surface area contributed by atoms with Gasteiger partial charge in [0.1, 0.15) is 0 Å². The molecule has 0 bridgehead atoms. The number of benzene rings is 1. The molecule has 0 radical (unpaired) electrons. The van der Waals surface area contributed by atoms with Crippen LogP contribution in [0.4, 0.5) is 0 Å². The van der Waals surface area contributed by atoms with Gasteiger partial charge in [-0.1, -0.05) is 23.2 Å². The molecule has 0 saturated heterocycles. The molecule has 16 heavy (non-hydrogen) atoms.